The SMILES string of the molecule is CCC1CCCC(NC(=O)CCC(=O)OC(C)(C)C)C1. The summed E-state index contributed by atoms with van der Waals surface area (Å²) in [5.74, 6) is 0.403. The molecular formula is C16H29NO3. The molecule has 0 spiro atoms. The second kappa shape index (κ2) is 7.65. The minimum atomic E-state index is -0.481. The Morgan fingerprint density at radius 1 is 1.20 bits per heavy atom. The zero-order valence-corrected chi connectivity index (χ0v) is 13.3. The molecule has 1 aliphatic rings. The van der Waals surface area contributed by atoms with E-state index in [9.17, 15) is 9.59 Å². The van der Waals surface area contributed by atoms with Gasteiger partial charge in [-0.3, -0.25) is 9.59 Å². The van der Waals surface area contributed by atoms with Gasteiger partial charge in [0.15, 0.2) is 0 Å². The molecule has 1 aliphatic carbocycles. The summed E-state index contributed by atoms with van der Waals surface area (Å²) in [5, 5.41) is 3.05. The number of hydrogen-bond acceptors (Lipinski definition) is 3. The van der Waals surface area contributed by atoms with Crippen LogP contribution in [-0.4, -0.2) is 23.5 Å². The Morgan fingerprint density at radius 2 is 1.90 bits per heavy atom. The minimum Gasteiger partial charge on any atom is -0.460 e. The fraction of sp³-hybridized carbons (Fsp3) is 0.875. The summed E-state index contributed by atoms with van der Waals surface area (Å²) in [5.41, 5.74) is -0.481. The van der Waals surface area contributed by atoms with Crippen LogP contribution in [0.3, 0.4) is 0 Å². The van der Waals surface area contributed by atoms with Crippen LogP contribution in [-0.2, 0) is 14.3 Å². The summed E-state index contributed by atoms with van der Waals surface area (Å²) >= 11 is 0. The highest BCUT2D eigenvalue weighted by atomic mass is 16.6. The van der Waals surface area contributed by atoms with Crippen molar-refractivity contribution < 1.29 is 14.3 Å². The standard InChI is InChI=1S/C16H29NO3/c1-5-12-7-6-8-13(11-12)17-14(18)9-10-15(19)20-16(2,3)4/h12-13H,5-11H2,1-4H3,(H,17,18). The predicted molar refractivity (Wildman–Crippen MR) is 79.3 cm³/mol. The Hall–Kier alpha value is -1.06. The van der Waals surface area contributed by atoms with Gasteiger partial charge in [0.2, 0.25) is 5.91 Å². The van der Waals surface area contributed by atoms with E-state index in [1.807, 2.05) is 20.8 Å². The van der Waals surface area contributed by atoms with Crippen molar-refractivity contribution in [2.45, 2.75) is 84.3 Å². The van der Waals surface area contributed by atoms with Crippen LogP contribution in [0.1, 0.15) is 72.6 Å². The van der Waals surface area contributed by atoms with Crippen LogP contribution < -0.4 is 5.32 Å². The summed E-state index contributed by atoms with van der Waals surface area (Å²) in [4.78, 5) is 23.4. The molecule has 2 atom stereocenters. The van der Waals surface area contributed by atoms with Crippen molar-refractivity contribution in [1.29, 1.82) is 0 Å². The Bertz CT molecular complexity index is 333. The normalized spacial score (nSPS) is 23.2. The van der Waals surface area contributed by atoms with Crippen LogP contribution in [0.15, 0.2) is 0 Å². The average molecular weight is 283 g/mol. The number of carbonyl (C=O) groups is 2. The Balaban J connectivity index is 2.24. The van der Waals surface area contributed by atoms with Gasteiger partial charge in [-0.15, -0.1) is 0 Å². The molecule has 1 fully saturated rings. The van der Waals surface area contributed by atoms with Crippen LogP contribution in [0.5, 0.6) is 0 Å². The molecule has 0 saturated heterocycles. The van der Waals surface area contributed by atoms with E-state index in [4.69, 9.17) is 4.74 Å². The van der Waals surface area contributed by atoms with E-state index in [2.05, 4.69) is 12.2 Å². The minimum absolute atomic E-state index is 0.0300. The Labute approximate surface area is 122 Å². The van der Waals surface area contributed by atoms with Gasteiger partial charge >= 0.3 is 5.97 Å². The van der Waals surface area contributed by atoms with E-state index >= 15 is 0 Å². The molecule has 1 amide bonds. The maximum atomic E-state index is 11.9. The first-order valence-electron chi connectivity index (χ1n) is 7.81. The van der Waals surface area contributed by atoms with Crippen molar-refractivity contribution in [3.8, 4) is 0 Å². The molecule has 0 heterocycles. The summed E-state index contributed by atoms with van der Waals surface area (Å²) in [6, 6.07) is 0.292. The van der Waals surface area contributed by atoms with Gasteiger partial charge in [0.25, 0.3) is 0 Å². The van der Waals surface area contributed by atoms with Crippen molar-refractivity contribution in [1.82, 2.24) is 5.32 Å². The molecule has 0 aromatic rings. The molecule has 4 heteroatoms. The molecule has 0 radical (unpaired) electrons. The molecule has 20 heavy (non-hydrogen) atoms. The Kier molecular flexibility index (Phi) is 6.50. The third kappa shape index (κ3) is 6.92. The van der Waals surface area contributed by atoms with Crippen molar-refractivity contribution in [3.05, 3.63) is 0 Å². The fourth-order valence-electron chi connectivity index (χ4n) is 2.70. The quantitative estimate of drug-likeness (QED) is 0.788. The van der Waals surface area contributed by atoms with Gasteiger partial charge in [-0.25, -0.2) is 0 Å². The molecule has 116 valence electrons. The number of rotatable bonds is 5. The molecule has 1 rings (SSSR count). The number of carbonyl (C=O) groups excluding carboxylic acids is 2. The lowest BCUT2D eigenvalue weighted by Crippen LogP contribution is -2.38. The zero-order valence-electron chi connectivity index (χ0n) is 13.3. The van der Waals surface area contributed by atoms with Crippen molar-refractivity contribution in [2.75, 3.05) is 0 Å². The zero-order chi connectivity index (χ0) is 15.2. The lowest BCUT2D eigenvalue weighted by Gasteiger charge is -2.29. The molecule has 0 bridgehead atoms. The average Bonchev–Trinajstić information content (AvgIpc) is 2.34. The largest absolute Gasteiger partial charge is 0.460 e. The summed E-state index contributed by atoms with van der Waals surface area (Å²) < 4.78 is 5.19. The van der Waals surface area contributed by atoms with Crippen molar-refractivity contribution >= 4 is 11.9 Å². The van der Waals surface area contributed by atoms with E-state index in [0.717, 1.165) is 18.8 Å². The highest BCUT2D eigenvalue weighted by Gasteiger charge is 2.22. The van der Waals surface area contributed by atoms with Gasteiger partial charge in [0.1, 0.15) is 5.60 Å². The topological polar surface area (TPSA) is 55.4 Å². The first-order valence-corrected chi connectivity index (χ1v) is 7.81. The smallest absolute Gasteiger partial charge is 0.306 e. The summed E-state index contributed by atoms with van der Waals surface area (Å²) in [6.07, 6.45) is 6.18. The van der Waals surface area contributed by atoms with E-state index in [0.29, 0.717) is 6.04 Å². The molecule has 1 N–H and O–H groups in total. The molecule has 1 saturated carbocycles. The summed E-state index contributed by atoms with van der Waals surface area (Å²) in [7, 11) is 0. The second-order valence-electron chi connectivity index (χ2n) is 6.79. The predicted octanol–water partition coefficient (Wildman–Crippen LogP) is 3.19. The molecule has 0 aliphatic heterocycles. The van der Waals surface area contributed by atoms with Crippen LogP contribution in [0.25, 0.3) is 0 Å². The summed E-state index contributed by atoms with van der Waals surface area (Å²) in [6.45, 7) is 7.70. The fourth-order valence-corrected chi connectivity index (χ4v) is 2.70. The Morgan fingerprint density at radius 3 is 2.50 bits per heavy atom. The van der Waals surface area contributed by atoms with E-state index < -0.39 is 5.60 Å². The van der Waals surface area contributed by atoms with Crippen LogP contribution in [0.4, 0.5) is 0 Å². The third-order valence-electron chi connectivity index (χ3n) is 3.70. The molecule has 0 aromatic carbocycles. The van der Waals surface area contributed by atoms with E-state index in [-0.39, 0.29) is 24.7 Å². The van der Waals surface area contributed by atoms with Crippen molar-refractivity contribution in [2.24, 2.45) is 5.92 Å². The lowest BCUT2D eigenvalue weighted by molar-refractivity contribution is -0.155. The number of ether oxygens (including phenoxy) is 1. The van der Waals surface area contributed by atoms with Crippen LogP contribution in [0.2, 0.25) is 0 Å². The molecule has 4 nitrogen and oxygen atoms in total. The van der Waals surface area contributed by atoms with E-state index in [1.165, 1.54) is 19.3 Å². The molecular weight excluding hydrogens is 254 g/mol. The van der Waals surface area contributed by atoms with Gasteiger partial charge in [-0.2, -0.15) is 0 Å². The van der Waals surface area contributed by atoms with Crippen molar-refractivity contribution in [3.63, 3.8) is 0 Å². The molecule has 0 aromatic heterocycles. The van der Waals surface area contributed by atoms with Gasteiger partial charge < -0.3 is 10.1 Å². The van der Waals surface area contributed by atoms with Gasteiger partial charge in [0, 0.05) is 12.5 Å². The first kappa shape index (κ1) is 17.0. The highest BCUT2D eigenvalue weighted by molar-refractivity contribution is 5.81. The number of nitrogens with one attached hydrogen (secondary N) is 1. The third-order valence-corrected chi connectivity index (χ3v) is 3.70. The van der Waals surface area contributed by atoms with Gasteiger partial charge in [-0.1, -0.05) is 26.2 Å². The lowest BCUT2D eigenvalue weighted by atomic mass is 9.84. The number of amides is 1. The highest BCUT2D eigenvalue weighted by Crippen LogP contribution is 2.26. The van der Waals surface area contributed by atoms with Gasteiger partial charge in [-0.05, 0) is 39.5 Å². The first-order chi connectivity index (χ1) is 9.30. The van der Waals surface area contributed by atoms with E-state index in [1.54, 1.807) is 0 Å². The van der Waals surface area contributed by atoms with Crippen LogP contribution >= 0.6 is 0 Å². The molecule has 2 unspecified atom stereocenters. The number of esters is 1. The van der Waals surface area contributed by atoms with Gasteiger partial charge in [0.05, 0.1) is 6.42 Å². The number of hydrogen-bond donors (Lipinski definition) is 1. The maximum Gasteiger partial charge on any atom is 0.306 e. The van der Waals surface area contributed by atoms with Crippen LogP contribution in [0, 0.1) is 5.92 Å². The maximum absolute atomic E-state index is 11.9. The monoisotopic (exact) mass is 283 g/mol. The second-order valence-corrected chi connectivity index (χ2v) is 6.79.